The highest BCUT2D eigenvalue weighted by Gasteiger charge is 2.21. The topological polar surface area (TPSA) is 13.1 Å². The van der Waals surface area contributed by atoms with Crippen molar-refractivity contribution >= 4 is 103 Å². The summed E-state index contributed by atoms with van der Waals surface area (Å²) in [5.41, 5.74) is 12.9. The van der Waals surface area contributed by atoms with E-state index in [1.807, 2.05) is 11.3 Å². The van der Waals surface area contributed by atoms with Gasteiger partial charge in [0.25, 0.3) is 0 Å². The molecule has 0 saturated carbocycles. The summed E-state index contributed by atoms with van der Waals surface area (Å²) < 4.78 is 7.36. The van der Waals surface area contributed by atoms with Crippen molar-refractivity contribution in [1.29, 1.82) is 0 Å². The molecule has 0 amide bonds. The molecule has 0 aliphatic heterocycles. The molecule has 0 N–H and O–H groups in total. The SMILES string of the molecule is c1ccc(-n2c3ccccc3c3cc(N(c4ccc(-c5ccc(-n6c7ccccc7c7c8ccccc8ccc76)cc5)cc4)c4cccc5c4sc4ccccc45)ccc32)cc1. The summed E-state index contributed by atoms with van der Waals surface area (Å²) in [6.07, 6.45) is 0. The summed E-state index contributed by atoms with van der Waals surface area (Å²) in [5, 5.41) is 10.2. The standard InChI is InChI=1S/C58H37N3S/c1-2-14-41(15-3-1)60-51-21-9-6-17-46(51)50-37-44(34-36-53(50)60)59(55-23-12-20-48-47-18-8-11-24-56(47)62-58(48)55)42-30-25-38(26-31-42)39-27-32-43(33-28-39)61-52-22-10-7-19-49(52)57-45-16-5-4-13-40(45)29-35-54(57)61/h1-37H. The fraction of sp³-hybridized carbons (Fsp3) is 0. The average molecular weight is 808 g/mol. The Bertz CT molecular complexity index is 3850. The van der Waals surface area contributed by atoms with Gasteiger partial charge in [0.2, 0.25) is 0 Å². The fourth-order valence-corrected chi connectivity index (χ4v) is 11.1. The van der Waals surface area contributed by atoms with Crippen LogP contribution >= 0.6 is 11.3 Å². The molecule has 0 saturated heterocycles. The molecule has 0 aliphatic rings. The molecular formula is C58H37N3S. The van der Waals surface area contributed by atoms with Crippen LogP contribution in [-0.4, -0.2) is 9.13 Å². The molecule has 0 spiro atoms. The monoisotopic (exact) mass is 807 g/mol. The molecule has 13 rings (SSSR count). The molecule has 3 nitrogen and oxygen atoms in total. The highest BCUT2D eigenvalue weighted by Crippen LogP contribution is 2.46. The van der Waals surface area contributed by atoms with Crippen LogP contribution < -0.4 is 4.90 Å². The van der Waals surface area contributed by atoms with Gasteiger partial charge < -0.3 is 14.0 Å². The van der Waals surface area contributed by atoms with Gasteiger partial charge >= 0.3 is 0 Å². The fourth-order valence-electron chi connectivity index (χ4n) is 9.91. The lowest BCUT2D eigenvalue weighted by molar-refractivity contribution is 1.18. The average Bonchev–Trinajstić information content (AvgIpc) is 4.01. The van der Waals surface area contributed by atoms with Crippen LogP contribution in [0, 0.1) is 0 Å². The normalized spacial score (nSPS) is 11.9. The molecule has 13 aromatic rings. The van der Waals surface area contributed by atoms with Crippen molar-refractivity contribution in [2.75, 3.05) is 4.90 Å². The van der Waals surface area contributed by atoms with E-state index in [1.54, 1.807) is 0 Å². The summed E-state index contributed by atoms with van der Waals surface area (Å²) in [4.78, 5) is 2.45. The second kappa shape index (κ2) is 13.8. The predicted molar refractivity (Wildman–Crippen MR) is 266 cm³/mol. The maximum Gasteiger partial charge on any atom is 0.0640 e. The number of fused-ring (bicyclic) bond motifs is 11. The molecule has 3 aromatic heterocycles. The van der Waals surface area contributed by atoms with Crippen molar-refractivity contribution in [3.05, 3.63) is 224 Å². The molecule has 4 heteroatoms. The number of nitrogens with zero attached hydrogens (tertiary/aromatic N) is 3. The smallest absolute Gasteiger partial charge is 0.0640 e. The van der Waals surface area contributed by atoms with Gasteiger partial charge in [-0.2, -0.15) is 0 Å². The Hall–Kier alpha value is -7.92. The zero-order chi connectivity index (χ0) is 40.7. The number of anilines is 3. The Morgan fingerprint density at radius 3 is 1.71 bits per heavy atom. The first-order valence-corrected chi connectivity index (χ1v) is 22.0. The number of hydrogen-bond acceptors (Lipinski definition) is 2. The third kappa shape index (κ3) is 5.30. The van der Waals surface area contributed by atoms with E-state index in [4.69, 9.17) is 0 Å². The predicted octanol–water partition coefficient (Wildman–Crippen LogP) is 16.5. The van der Waals surface area contributed by atoms with Crippen LogP contribution in [0.15, 0.2) is 224 Å². The molecule has 0 atom stereocenters. The highest BCUT2D eigenvalue weighted by molar-refractivity contribution is 7.26. The van der Waals surface area contributed by atoms with Gasteiger partial charge in [0.05, 0.1) is 32.5 Å². The first-order valence-electron chi connectivity index (χ1n) is 21.2. The molecule has 10 aromatic carbocycles. The number of para-hydroxylation sites is 3. The number of benzene rings is 10. The molecular weight excluding hydrogens is 771 g/mol. The van der Waals surface area contributed by atoms with Crippen molar-refractivity contribution in [2.45, 2.75) is 0 Å². The van der Waals surface area contributed by atoms with Crippen LogP contribution in [0.1, 0.15) is 0 Å². The minimum atomic E-state index is 1.11. The zero-order valence-electron chi connectivity index (χ0n) is 33.6. The lowest BCUT2D eigenvalue weighted by Gasteiger charge is -2.26. The molecule has 0 bridgehead atoms. The summed E-state index contributed by atoms with van der Waals surface area (Å²) in [7, 11) is 0. The molecule has 0 unspecified atom stereocenters. The van der Waals surface area contributed by atoms with E-state index in [-0.39, 0.29) is 0 Å². The third-order valence-electron chi connectivity index (χ3n) is 12.7. The van der Waals surface area contributed by atoms with Crippen molar-refractivity contribution in [2.24, 2.45) is 0 Å². The number of rotatable bonds is 6. The van der Waals surface area contributed by atoms with Crippen molar-refractivity contribution in [3.63, 3.8) is 0 Å². The zero-order valence-corrected chi connectivity index (χ0v) is 34.4. The van der Waals surface area contributed by atoms with Crippen LogP contribution in [0.4, 0.5) is 17.1 Å². The summed E-state index contributed by atoms with van der Waals surface area (Å²) in [6.45, 7) is 0. The second-order valence-electron chi connectivity index (χ2n) is 16.1. The first-order chi connectivity index (χ1) is 30.8. The largest absolute Gasteiger partial charge is 0.309 e. The van der Waals surface area contributed by atoms with Crippen LogP contribution in [0.25, 0.3) is 97.1 Å². The minimum absolute atomic E-state index is 1.11. The van der Waals surface area contributed by atoms with Crippen LogP contribution in [0.2, 0.25) is 0 Å². The third-order valence-corrected chi connectivity index (χ3v) is 13.9. The summed E-state index contributed by atoms with van der Waals surface area (Å²) in [5.74, 6) is 0. The van der Waals surface area contributed by atoms with E-state index in [0.29, 0.717) is 0 Å². The van der Waals surface area contributed by atoms with Gasteiger partial charge in [-0.1, -0.05) is 140 Å². The second-order valence-corrected chi connectivity index (χ2v) is 17.2. The number of thiophene rings is 1. The number of hydrogen-bond donors (Lipinski definition) is 0. The molecule has 0 fully saturated rings. The van der Waals surface area contributed by atoms with Gasteiger partial charge in [-0.25, -0.2) is 0 Å². The van der Waals surface area contributed by atoms with E-state index >= 15 is 0 Å². The molecule has 290 valence electrons. The maximum absolute atomic E-state index is 2.45. The Morgan fingerprint density at radius 2 is 0.903 bits per heavy atom. The van der Waals surface area contributed by atoms with Crippen LogP contribution in [0.5, 0.6) is 0 Å². The van der Waals surface area contributed by atoms with Gasteiger partial charge in [0.1, 0.15) is 0 Å². The van der Waals surface area contributed by atoms with Gasteiger partial charge in [-0.3, -0.25) is 0 Å². The Labute approximate surface area is 362 Å². The van der Waals surface area contributed by atoms with Crippen LogP contribution in [0.3, 0.4) is 0 Å². The van der Waals surface area contributed by atoms with Gasteiger partial charge in [-0.15, -0.1) is 11.3 Å². The van der Waals surface area contributed by atoms with E-state index < -0.39 is 0 Å². The molecule has 62 heavy (non-hydrogen) atoms. The van der Waals surface area contributed by atoms with Crippen molar-refractivity contribution in [1.82, 2.24) is 9.13 Å². The van der Waals surface area contributed by atoms with Gasteiger partial charge in [0.15, 0.2) is 0 Å². The Kier molecular flexibility index (Phi) is 7.78. The first kappa shape index (κ1) is 34.9. The molecule has 3 heterocycles. The lowest BCUT2D eigenvalue weighted by atomic mass is 10.0. The van der Waals surface area contributed by atoms with E-state index in [9.17, 15) is 0 Å². The number of aromatic nitrogens is 2. The summed E-state index contributed by atoms with van der Waals surface area (Å²) >= 11 is 1.87. The van der Waals surface area contributed by atoms with E-state index in [0.717, 1.165) is 22.7 Å². The lowest BCUT2D eigenvalue weighted by Crippen LogP contribution is -2.10. The maximum atomic E-state index is 2.45. The van der Waals surface area contributed by atoms with Crippen molar-refractivity contribution in [3.8, 4) is 22.5 Å². The molecule has 0 aliphatic carbocycles. The van der Waals surface area contributed by atoms with E-state index in [2.05, 4.69) is 238 Å². The van der Waals surface area contributed by atoms with Gasteiger partial charge in [-0.05, 0) is 107 Å². The van der Waals surface area contributed by atoms with E-state index in [1.165, 1.54) is 91.4 Å². The van der Waals surface area contributed by atoms with Crippen molar-refractivity contribution < 1.29 is 0 Å². The Morgan fingerprint density at radius 1 is 0.339 bits per heavy atom. The van der Waals surface area contributed by atoms with Crippen LogP contribution in [-0.2, 0) is 0 Å². The summed E-state index contributed by atoms with van der Waals surface area (Å²) in [6, 6.07) is 82.1. The minimum Gasteiger partial charge on any atom is -0.309 e. The Balaban J connectivity index is 0.938. The highest BCUT2D eigenvalue weighted by atomic mass is 32.1. The quantitative estimate of drug-likeness (QED) is 0.163. The van der Waals surface area contributed by atoms with Gasteiger partial charge in [0, 0.05) is 59.8 Å². The molecule has 0 radical (unpaired) electrons.